The normalized spacial score (nSPS) is 15.9. The van der Waals surface area contributed by atoms with Gasteiger partial charge in [0.1, 0.15) is 6.04 Å². The van der Waals surface area contributed by atoms with Gasteiger partial charge < -0.3 is 30.3 Å². The first-order valence-corrected chi connectivity index (χ1v) is 15.0. The van der Waals surface area contributed by atoms with Crippen LogP contribution < -0.4 is 16.0 Å². The van der Waals surface area contributed by atoms with E-state index >= 15 is 0 Å². The third-order valence-electron chi connectivity index (χ3n) is 6.41. The molecule has 9 nitrogen and oxygen atoms in total. The Balaban J connectivity index is 2.68. The molecule has 0 heterocycles. The van der Waals surface area contributed by atoms with Gasteiger partial charge in [0.25, 0.3) is 0 Å². The number of amides is 3. The van der Waals surface area contributed by atoms with Crippen LogP contribution in [0.15, 0.2) is 0 Å². The van der Waals surface area contributed by atoms with Gasteiger partial charge in [0.15, 0.2) is 0 Å². The van der Waals surface area contributed by atoms with Crippen LogP contribution in [0.5, 0.6) is 0 Å². The molecule has 1 rings (SSSR count). The maximum Gasteiger partial charge on any atom is 0.242 e. The summed E-state index contributed by atoms with van der Waals surface area (Å²) in [6, 6.07) is -0.429. The number of nitrogens with zero attached hydrogens (tertiary/aromatic N) is 1. The maximum absolute atomic E-state index is 13.1. The minimum Gasteiger partial charge on any atom is -0.385 e. The van der Waals surface area contributed by atoms with Crippen molar-refractivity contribution in [2.75, 3.05) is 65.6 Å². The summed E-state index contributed by atoms with van der Waals surface area (Å²) in [5.74, 6) is 0.203. The number of nitrogens with one attached hydrogen (secondary N) is 3. The van der Waals surface area contributed by atoms with Crippen LogP contribution in [0, 0.1) is 0 Å². The van der Waals surface area contributed by atoms with Gasteiger partial charge >= 0.3 is 0 Å². The van der Waals surface area contributed by atoms with Crippen molar-refractivity contribution in [3.8, 4) is 0 Å². The summed E-state index contributed by atoms with van der Waals surface area (Å²) in [4.78, 5) is 40.4. The summed E-state index contributed by atoms with van der Waals surface area (Å²) in [7, 11) is 3.26. The van der Waals surface area contributed by atoms with Crippen LogP contribution in [-0.2, 0) is 23.9 Å². The van der Waals surface area contributed by atoms with Crippen molar-refractivity contribution in [1.29, 1.82) is 0 Å². The minimum absolute atomic E-state index is 0.0746. The first-order valence-electron chi connectivity index (χ1n) is 13.6. The molecule has 3 amide bonds. The maximum atomic E-state index is 13.1. The van der Waals surface area contributed by atoms with E-state index < -0.39 is 6.04 Å². The molecule has 0 bridgehead atoms. The van der Waals surface area contributed by atoms with Gasteiger partial charge in [-0.15, -0.1) is 0 Å². The van der Waals surface area contributed by atoms with E-state index in [-0.39, 0.29) is 36.9 Å². The second-order valence-electron chi connectivity index (χ2n) is 9.49. The second kappa shape index (κ2) is 21.7. The van der Waals surface area contributed by atoms with E-state index in [4.69, 9.17) is 9.47 Å². The average molecular weight is 531 g/mol. The molecule has 1 saturated carbocycles. The predicted molar refractivity (Wildman–Crippen MR) is 146 cm³/mol. The lowest BCUT2D eigenvalue weighted by molar-refractivity contribution is -0.136. The number of hydrogen-bond donors (Lipinski definition) is 3. The molecule has 0 radical (unpaired) electrons. The van der Waals surface area contributed by atoms with Crippen molar-refractivity contribution in [3.63, 3.8) is 0 Å². The molecule has 1 unspecified atom stereocenters. The molecule has 0 spiro atoms. The lowest BCUT2D eigenvalue weighted by Crippen LogP contribution is -2.53. The Morgan fingerprint density at radius 3 is 2.25 bits per heavy atom. The highest BCUT2D eigenvalue weighted by Gasteiger charge is 2.25. The molecule has 1 aliphatic carbocycles. The zero-order valence-corrected chi connectivity index (χ0v) is 23.6. The highest BCUT2D eigenvalue weighted by atomic mass is 32.2. The van der Waals surface area contributed by atoms with Crippen molar-refractivity contribution < 1.29 is 23.9 Å². The summed E-state index contributed by atoms with van der Waals surface area (Å²) in [5, 5.41) is 9.24. The summed E-state index contributed by atoms with van der Waals surface area (Å²) >= 11 is 1.65. The lowest BCUT2D eigenvalue weighted by atomic mass is 10.0. The molecule has 3 N–H and O–H groups in total. The third-order valence-corrected chi connectivity index (χ3v) is 7.05. The fourth-order valence-electron chi connectivity index (χ4n) is 4.34. The topological polar surface area (TPSA) is 109 Å². The Morgan fingerprint density at radius 2 is 1.61 bits per heavy atom. The summed E-state index contributed by atoms with van der Waals surface area (Å²) in [6.45, 7) is 2.30. The molecule has 1 aliphatic rings. The molecule has 0 saturated heterocycles. The molecule has 1 atom stereocenters. The summed E-state index contributed by atoms with van der Waals surface area (Å²) in [5.41, 5.74) is 0. The molecule has 0 aliphatic heterocycles. The largest absolute Gasteiger partial charge is 0.385 e. The Hall–Kier alpha value is -1.36. The van der Waals surface area contributed by atoms with Crippen LogP contribution in [0.1, 0.15) is 70.6 Å². The highest BCUT2D eigenvalue weighted by molar-refractivity contribution is 7.98. The first-order chi connectivity index (χ1) is 17.5. The molecule has 1 fully saturated rings. The number of rotatable bonds is 18. The quantitative estimate of drug-likeness (QED) is 0.233. The molecule has 0 aromatic rings. The number of methoxy groups -OCH3 is 2. The van der Waals surface area contributed by atoms with Gasteiger partial charge in [0.2, 0.25) is 17.7 Å². The van der Waals surface area contributed by atoms with Gasteiger partial charge in [-0.2, -0.15) is 11.8 Å². The van der Waals surface area contributed by atoms with E-state index in [9.17, 15) is 14.4 Å². The Bertz CT molecular complexity index is 601. The van der Waals surface area contributed by atoms with Gasteiger partial charge in [-0.1, -0.05) is 38.5 Å². The van der Waals surface area contributed by atoms with Crippen LogP contribution in [-0.4, -0.2) is 100 Å². The summed E-state index contributed by atoms with van der Waals surface area (Å²) < 4.78 is 10.1. The van der Waals surface area contributed by atoms with Gasteiger partial charge in [0, 0.05) is 40.0 Å². The van der Waals surface area contributed by atoms with Gasteiger partial charge in [-0.25, -0.2) is 0 Å². The van der Waals surface area contributed by atoms with Gasteiger partial charge in [0.05, 0.1) is 13.1 Å². The van der Waals surface area contributed by atoms with Crippen LogP contribution in [0.25, 0.3) is 0 Å². The Labute approximate surface area is 222 Å². The fourth-order valence-corrected chi connectivity index (χ4v) is 4.81. The van der Waals surface area contributed by atoms with Crippen molar-refractivity contribution in [1.82, 2.24) is 20.9 Å². The van der Waals surface area contributed by atoms with E-state index in [1.54, 1.807) is 30.9 Å². The zero-order valence-electron chi connectivity index (χ0n) is 22.8. The molecule has 0 aromatic heterocycles. The number of carbonyl (C=O) groups is 3. The number of carbonyl (C=O) groups excluding carboxylic acids is 3. The summed E-state index contributed by atoms with van der Waals surface area (Å²) in [6.07, 6.45) is 13.2. The standard InChI is InChI=1S/C26H50N4O5S/c1-34-17-10-15-27-20-25(32)30(16-11-18-35-2)21-24(31)29-23(14-19-36-3)26(33)28-22-12-8-6-4-5-7-9-13-22/h22-23,27H,4-21H2,1-3H3,(H,28,33)(H,29,31). The highest BCUT2D eigenvalue weighted by Crippen LogP contribution is 2.17. The van der Waals surface area contributed by atoms with Crippen LogP contribution in [0.4, 0.5) is 0 Å². The Morgan fingerprint density at radius 1 is 0.972 bits per heavy atom. The number of ether oxygens (including phenoxy) is 2. The molecular weight excluding hydrogens is 480 g/mol. The molecule has 10 heteroatoms. The van der Waals surface area contributed by atoms with Gasteiger partial charge in [-0.3, -0.25) is 14.4 Å². The van der Waals surface area contributed by atoms with Crippen LogP contribution in [0.2, 0.25) is 0 Å². The van der Waals surface area contributed by atoms with Gasteiger partial charge in [-0.05, 0) is 50.7 Å². The van der Waals surface area contributed by atoms with E-state index in [1.807, 2.05) is 6.26 Å². The zero-order chi connectivity index (χ0) is 26.4. The van der Waals surface area contributed by atoms with E-state index in [0.717, 1.165) is 37.9 Å². The monoisotopic (exact) mass is 530 g/mol. The first kappa shape index (κ1) is 32.7. The molecule has 0 aromatic carbocycles. The van der Waals surface area contributed by atoms with Crippen molar-refractivity contribution in [2.45, 2.75) is 82.7 Å². The fraction of sp³-hybridized carbons (Fsp3) is 0.885. The van der Waals surface area contributed by atoms with E-state index in [2.05, 4.69) is 16.0 Å². The SMILES string of the molecule is COCCCNCC(=O)N(CCCOC)CC(=O)NC(CCSC)C(=O)NC1CCCCCCCC1. The molecular formula is C26H50N4O5S. The number of hydrogen-bond acceptors (Lipinski definition) is 7. The second-order valence-corrected chi connectivity index (χ2v) is 10.5. The molecule has 210 valence electrons. The Kier molecular flexibility index (Phi) is 19.7. The number of thioether (sulfide) groups is 1. The van der Waals surface area contributed by atoms with Crippen molar-refractivity contribution in [2.24, 2.45) is 0 Å². The third kappa shape index (κ3) is 15.7. The smallest absolute Gasteiger partial charge is 0.242 e. The van der Waals surface area contributed by atoms with Crippen molar-refractivity contribution in [3.05, 3.63) is 0 Å². The predicted octanol–water partition coefficient (Wildman–Crippen LogP) is 2.33. The van der Waals surface area contributed by atoms with Crippen molar-refractivity contribution >= 4 is 29.5 Å². The minimum atomic E-state index is -0.597. The molecule has 36 heavy (non-hydrogen) atoms. The average Bonchev–Trinajstić information content (AvgIpc) is 2.99. The van der Waals surface area contributed by atoms with E-state index in [1.165, 1.54) is 25.7 Å². The van der Waals surface area contributed by atoms with Crippen LogP contribution >= 0.6 is 11.8 Å². The van der Waals surface area contributed by atoms with Crippen LogP contribution in [0.3, 0.4) is 0 Å². The van der Waals surface area contributed by atoms with E-state index in [0.29, 0.717) is 39.1 Å². The lowest BCUT2D eigenvalue weighted by Gasteiger charge is -2.26.